The number of amides is 1. The van der Waals surface area contributed by atoms with E-state index in [0.29, 0.717) is 6.41 Å². The second-order valence-electron chi connectivity index (χ2n) is 3.30. The van der Waals surface area contributed by atoms with Crippen LogP contribution in [0.2, 0.25) is 0 Å². The smallest absolute Gasteiger partial charge is 0.211 e. The zero-order valence-electron chi connectivity index (χ0n) is 8.47. The van der Waals surface area contributed by atoms with Gasteiger partial charge in [0.05, 0.1) is 0 Å². The number of hydrogen-bond acceptors (Lipinski definition) is 1. The van der Waals surface area contributed by atoms with Crippen LogP contribution in [0.25, 0.3) is 5.69 Å². The summed E-state index contributed by atoms with van der Waals surface area (Å²) in [6, 6.07) is 9.77. The molecule has 1 amide bonds. The Labute approximate surface area is 88.3 Å². The second-order valence-corrected chi connectivity index (χ2v) is 3.30. The maximum atomic E-state index is 10.4. The topological polar surface area (TPSA) is 34.0 Å². The maximum Gasteiger partial charge on any atom is 0.211 e. The molecule has 15 heavy (non-hydrogen) atoms. The molecule has 1 N–H and O–H groups in total. The van der Waals surface area contributed by atoms with Gasteiger partial charge in [0.25, 0.3) is 0 Å². The molecule has 1 aromatic heterocycles. The zero-order valence-corrected chi connectivity index (χ0v) is 8.47. The van der Waals surface area contributed by atoms with Crippen LogP contribution in [0.3, 0.4) is 0 Å². The van der Waals surface area contributed by atoms with Crippen LogP contribution >= 0.6 is 0 Å². The lowest BCUT2D eigenvalue weighted by Gasteiger charge is -2.10. The van der Waals surface area contributed by atoms with Crippen LogP contribution in [0.15, 0.2) is 42.7 Å². The third kappa shape index (κ3) is 1.76. The lowest BCUT2D eigenvalue weighted by molar-refractivity contribution is -0.105. The number of aromatic nitrogens is 1. The summed E-state index contributed by atoms with van der Waals surface area (Å²) in [6.45, 7) is 1.99. The summed E-state index contributed by atoms with van der Waals surface area (Å²) in [5, 5.41) is 2.68. The van der Waals surface area contributed by atoms with Gasteiger partial charge in [0.1, 0.15) is 0 Å². The van der Waals surface area contributed by atoms with E-state index in [1.807, 2.05) is 54.2 Å². The van der Waals surface area contributed by atoms with Crippen molar-refractivity contribution in [1.29, 1.82) is 0 Å². The van der Waals surface area contributed by atoms with Crippen molar-refractivity contribution in [1.82, 2.24) is 4.57 Å². The van der Waals surface area contributed by atoms with Gasteiger partial charge in [0.2, 0.25) is 6.41 Å². The van der Waals surface area contributed by atoms with Crippen LogP contribution in [-0.4, -0.2) is 11.0 Å². The van der Waals surface area contributed by atoms with E-state index in [-0.39, 0.29) is 0 Å². The van der Waals surface area contributed by atoms with E-state index < -0.39 is 0 Å². The molecule has 0 aliphatic rings. The van der Waals surface area contributed by atoms with Gasteiger partial charge in [-0.3, -0.25) is 4.79 Å². The summed E-state index contributed by atoms with van der Waals surface area (Å²) in [6.07, 6.45) is 4.65. The van der Waals surface area contributed by atoms with Gasteiger partial charge in [-0.1, -0.05) is 6.07 Å². The first-order chi connectivity index (χ1) is 7.33. The average Bonchev–Trinajstić information content (AvgIpc) is 2.74. The maximum absolute atomic E-state index is 10.4. The molecular formula is C12H12N2O. The van der Waals surface area contributed by atoms with Crippen LogP contribution in [0.1, 0.15) is 5.56 Å². The van der Waals surface area contributed by atoms with Crippen molar-refractivity contribution in [2.24, 2.45) is 0 Å². The number of benzene rings is 1. The summed E-state index contributed by atoms with van der Waals surface area (Å²) in [7, 11) is 0. The molecule has 0 spiro atoms. The standard InChI is InChI=1S/C12H12N2O/c1-10-11(13-9-15)5-4-6-12(10)14-7-2-3-8-14/h2-9H,1H3,(H,13,15). The first-order valence-electron chi connectivity index (χ1n) is 4.76. The Morgan fingerprint density at radius 2 is 1.93 bits per heavy atom. The fourth-order valence-corrected chi connectivity index (χ4v) is 1.62. The highest BCUT2D eigenvalue weighted by Crippen LogP contribution is 2.21. The van der Waals surface area contributed by atoms with Gasteiger partial charge in [0.15, 0.2) is 0 Å². The molecule has 1 heterocycles. The van der Waals surface area contributed by atoms with Crippen molar-refractivity contribution in [2.45, 2.75) is 6.92 Å². The molecule has 0 aliphatic heterocycles. The van der Waals surface area contributed by atoms with Crippen LogP contribution < -0.4 is 5.32 Å². The Morgan fingerprint density at radius 1 is 1.20 bits per heavy atom. The first kappa shape index (κ1) is 9.52. The van der Waals surface area contributed by atoms with E-state index in [1.165, 1.54) is 0 Å². The van der Waals surface area contributed by atoms with Crippen molar-refractivity contribution in [3.05, 3.63) is 48.3 Å². The molecule has 0 atom stereocenters. The van der Waals surface area contributed by atoms with E-state index in [4.69, 9.17) is 0 Å². The van der Waals surface area contributed by atoms with E-state index in [0.717, 1.165) is 16.9 Å². The van der Waals surface area contributed by atoms with Crippen LogP contribution in [0.4, 0.5) is 5.69 Å². The summed E-state index contributed by atoms with van der Waals surface area (Å²) in [4.78, 5) is 10.4. The summed E-state index contributed by atoms with van der Waals surface area (Å²) >= 11 is 0. The summed E-state index contributed by atoms with van der Waals surface area (Å²) in [5.74, 6) is 0. The van der Waals surface area contributed by atoms with E-state index in [9.17, 15) is 4.79 Å². The molecule has 0 fully saturated rings. The molecule has 0 aliphatic carbocycles. The molecular weight excluding hydrogens is 188 g/mol. The molecule has 0 saturated carbocycles. The number of nitrogens with zero attached hydrogens (tertiary/aromatic N) is 1. The third-order valence-corrected chi connectivity index (χ3v) is 2.40. The number of hydrogen-bond donors (Lipinski definition) is 1. The highest BCUT2D eigenvalue weighted by atomic mass is 16.1. The van der Waals surface area contributed by atoms with Crippen molar-refractivity contribution in [3.8, 4) is 5.69 Å². The molecule has 2 aromatic rings. The number of anilines is 1. The van der Waals surface area contributed by atoms with Crippen molar-refractivity contribution in [3.63, 3.8) is 0 Å². The van der Waals surface area contributed by atoms with Crippen molar-refractivity contribution < 1.29 is 4.79 Å². The molecule has 0 unspecified atom stereocenters. The molecule has 1 aromatic carbocycles. The molecule has 3 nitrogen and oxygen atoms in total. The third-order valence-electron chi connectivity index (χ3n) is 2.40. The van der Waals surface area contributed by atoms with Gasteiger partial charge >= 0.3 is 0 Å². The number of rotatable bonds is 3. The zero-order chi connectivity index (χ0) is 10.7. The Morgan fingerprint density at radius 3 is 2.60 bits per heavy atom. The highest BCUT2D eigenvalue weighted by molar-refractivity contribution is 5.75. The normalized spacial score (nSPS) is 9.93. The monoisotopic (exact) mass is 200 g/mol. The fraction of sp³-hybridized carbons (Fsp3) is 0.0833. The Balaban J connectivity index is 2.49. The molecule has 0 saturated heterocycles. The van der Waals surface area contributed by atoms with Crippen LogP contribution in [0.5, 0.6) is 0 Å². The number of carbonyl (C=O) groups is 1. The predicted octanol–water partition coefficient (Wildman–Crippen LogP) is 2.35. The second kappa shape index (κ2) is 4.00. The first-order valence-corrected chi connectivity index (χ1v) is 4.76. The van der Waals surface area contributed by atoms with Crippen LogP contribution in [-0.2, 0) is 4.79 Å². The lowest BCUT2D eigenvalue weighted by Crippen LogP contribution is -2.00. The van der Waals surface area contributed by atoms with Gasteiger partial charge < -0.3 is 9.88 Å². The Hall–Kier alpha value is -2.03. The molecule has 3 heteroatoms. The Bertz CT molecular complexity index is 460. The van der Waals surface area contributed by atoms with Crippen molar-refractivity contribution in [2.75, 3.05) is 5.32 Å². The minimum Gasteiger partial charge on any atom is -0.328 e. The minimum atomic E-state index is 0.696. The van der Waals surface area contributed by atoms with Gasteiger partial charge in [-0.25, -0.2) is 0 Å². The lowest BCUT2D eigenvalue weighted by atomic mass is 10.1. The van der Waals surface area contributed by atoms with Gasteiger partial charge in [-0.15, -0.1) is 0 Å². The summed E-state index contributed by atoms with van der Waals surface area (Å²) in [5.41, 5.74) is 2.98. The van der Waals surface area contributed by atoms with Crippen LogP contribution in [0, 0.1) is 6.92 Å². The van der Waals surface area contributed by atoms with E-state index in [2.05, 4.69) is 5.32 Å². The average molecular weight is 200 g/mol. The molecule has 2 rings (SSSR count). The van der Waals surface area contributed by atoms with E-state index >= 15 is 0 Å². The number of nitrogens with one attached hydrogen (secondary N) is 1. The molecule has 0 bridgehead atoms. The highest BCUT2D eigenvalue weighted by Gasteiger charge is 2.03. The molecule has 0 radical (unpaired) electrons. The van der Waals surface area contributed by atoms with E-state index in [1.54, 1.807) is 0 Å². The fourth-order valence-electron chi connectivity index (χ4n) is 1.62. The Kier molecular flexibility index (Phi) is 2.54. The largest absolute Gasteiger partial charge is 0.328 e. The number of carbonyl (C=O) groups excluding carboxylic acids is 1. The van der Waals surface area contributed by atoms with Crippen molar-refractivity contribution >= 4 is 12.1 Å². The van der Waals surface area contributed by atoms with Gasteiger partial charge in [0, 0.05) is 23.8 Å². The molecule has 76 valence electrons. The summed E-state index contributed by atoms with van der Waals surface area (Å²) < 4.78 is 2.02. The SMILES string of the molecule is Cc1c(NC=O)cccc1-n1cccc1. The minimum absolute atomic E-state index is 0.696. The predicted molar refractivity (Wildman–Crippen MR) is 60.2 cm³/mol. The van der Waals surface area contributed by atoms with Gasteiger partial charge in [-0.2, -0.15) is 0 Å². The quantitative estimate of drug-likeness (QED) is 0.758. The van der Waals surface area contributed by atoms with Gasteiger partial charge in [-0.05, 0) is 36.8 Å².